The second-order valence-corrected chi connectivity index (χ2v) is 7.43. The van der Waals surface area contributed by atoms with Crippen molar-refractivity contribution in [1.29, 1.82) is 5.26 Å². The Hall–Kier alpha value is -3.53. The molecule has 2 aromatic heterocycles. The molecule has 1 amide bonds. The zero-order chi connectivity index (χ0) is 20.3. The fraction of sp³-hybridized carbons (Fsp3) is 0.286. The molecule has 0 aliphatic heterocycles. The molecule has 0 saturated heterocycles. The molecule has 0 unspecified atom stereocenters. The summed E-state index contributed by atoms with van der Waals surface area (Å²) in [7, 11) is 1.64. The molecule has 28 heavy (non-hydrogen) atoms. The number of aryl methyl sites for hydroxylation is 1. The van der Waals surface area contributed by atoms with Gasteiger partial charge in [0.2, 0.25) is 0 Å². The molecular formula is C21H22N4O3. The minimum atomic E-state index is -0.458. The van der Waals surface area contributed by atoms with Gasteiger partial charge >= 0.3 is 0 Å². The van der Waals surface area contributed by atoms with Crippen molar-refractivity contribution in [1.82, 2.24) is 9.78 Å². The number of rotatable bonds is 5. The maximum Gasteiger partial charge on any atom is 0.292 e. The molecule has 0 bridgehead atoms. The van der Waals surface area contributed by atoms with E-state index in [1.807, 2.05) is 30.3 Å². The molecule has 7 heteroatoms. The van der Waals surface area contributed by atoms with Crippen LogP contribution in [0.2, 0.25) is 0 Å². The van der Waals surface area contributed by atoms with E-state index in [0.29, 0.717) is 11.6 Å². The van der Waals surface area contributed by atoms with Gasteiger partial charge in [-0.2, -0.15) is 10.4 Å². The average molecular weight is 378 g/mol. The Morgan fingerprint density at radius 1 is 1.25 bits per heavy atom. The molecule has 0 radical (unpaired) electrons. The summed E-state index contributed by atoms with van der Waals surface area (Å²) in [5.74, 6) is 1.24. The van der Waals surface area contributed by atoms with Crippen LogP contribution in [0.4, 0.5) is 5.82 Å². The van der Waals surface area contributed by atoms with Gasteiger partial charge in [0, 0.05) is 7.05 Å². The summed E-state index contributed by atoms with van der Waals surface area (Å²) in [6.07, 6.45) is 1.39. The molecule has 7 nitrogen and oxygen atoms in total. The lowest BCUT2D eigenvalue weighted by molar-refractivity contribution is 0.0991. The van der Waals surface area contributed by atoms with Crippen molar-refractivity contribution >= 4 is 11.7 Å². The van der Waals surface area contributed by atoms with Crippen LogP contribution in [-0.4, -0.2) is 15.7 Å². The number of nitrogens with zero attached hydrogens (tertiary/aromatic N) is 3. The third-order valence-electron chi connectivity index (χ3n) is 4.28. The number of anilines is 1. The van der Waals surface area contributed by atoms with Crippen LogP contribution >= 0.6 is 0 Å². The number of nitrogens with one attached hydrogen (secondary N) is 1. The first-order valence-corrected chi connectivity index (χ1v) is 8.83. The SMILES string of the molecule is Cn1ncc(C#N)c1NC(=O)c1ccc(COc2ccc(C(C)(C)C)cc2)o1. The van der Waals surface area contributed by atoms with Gasteiger partial charge in [-0.15, -0.1) is 0 Å². The van der Waals surface area contributed by atoms with Gasteiger partial charge in [-0.25, -0.2) is 0 Å². The fourth-order valence-corrected chi connectivity index (χ4v) is 2.62. The third kappa shape index (κ3) is 4.23. The highest BCUT2D eigenvalue weighted by Crippen LogP contribution is 2.25. The first-order chi connectivity index (χ1) is 13.3. The normalized spacial score (nSPS) is 11.1. The van der Waals surface area contributed by atoms with E-state index in [2.05, 4.69) is 31.2 Å². The number of furan rings is 1. The number of ether oxygens (including phenoxy) is 1. The van der Waals surface area contributed by atoms with Crippen LogP contribution in [0.15, 0.2) is 47.0 Å². The van der Waals surface area contributed by atoms with Crippen LogP contribution in [-0.2, 0) is 19.1 Å². The summed E-state index contributed by atoms with van der Waals surface area (Å²) in [6, 6.07) is 13.2. The van der Waals surface area contributed by atoms with Crippen molar-refractivity contribution in [2.24, 2.45) is 7.05 Å². The van der Waals surface area contributed by atoms with Gasteiger partial charge in [0.15, 0.2) is 5.76 Å². The number of nitriles is 1. The summed E-state index contributed by atoms with van der Waals surface area (Å²) in [4.78, 5) is 12.4. The second-order valence-electron chi connectivity index (χ2n) is 7.43. The smallest absolute Gasteiger partial charge is 0.292 e. The summed E-state index contributed by atoms with van der Waals surface area (Å²) in [5.41, 5.74) is 1.59. The Bertz CT molecular complexity index is 1020. The van der Waals surface area contributed by atoms with Crippen molar-refractivity contribution < 1.29 is 13.9 Å². The van der Waals surface area contributed by atoms with Crippen molar-refractivity contribution in [3.05, 3.63) is 65.2 Å². The highest BCUT2D eigenvalue weighted by molar-refractivity contribution is 6.02. The van der Waals surface area contributed by atoms with E-state index in [9.17, 15) is 4.79 Å². The van der Waals surface area contributed by atoms with Crippen molar-refractivity contribution in [2.45, 2.75) is 32.8 Å². The Morgan fingerprint density at radius 2 is 1.96 bits per heavy atom. The lowest BCUT2D eigenvalue weighted by Gasteiger charge is -2.19. The van der Waals surface area contributed by atoms with E-state index in [1.54, 1.807) is 19.2 Å². The Morgan fingerprint density at radius 3 is 2.61 bits per heavy atom. The van der Waals surface area contributed by atoms with E-state index in [0.717, 1.165) is 5.75 Å². The molecule has 3 aromatic rings. The molecule has 0 atom stereocenters. The van der Waals surface area contributed by atoms with Gasteiger partial charge in [-0.05, 0) is 35.2 Å². The highest BCUT2D eigenvalue weighted by atomic mass is 16.5. The molecule has 1 N–H and O–H groups in total. The van der Waals surface area contributed by atoms with Gasteiger partial charge < -0.3 is 14.5 Å². The summed E-state index contributed by atoms with van der Waals surface area (Å²) in [5, 5.41) is 15.7. The topological polar surface area (TPSA) is 93.1 Å². The first-order valence-electron chi connectivity index (χ1n) is 8.83. The lowest BCUT2D eigenvalue weighted by Crippen LogP contribution is -2.14. The largest absolute Gasteiger partial charge is 0.486 e. The zero-order valence-electron chi connectivity index (χ0n) is 16.3. The Labute approximate surface area is 163 Å². The predicted octanol–water partition coefficient (Wildman–Crippen LogP) is 4.01. The molecule has 144 valence electrons. The minimum absolute atomic E-state index is 0.0844. The molecule has 0 aliphatic carbocycles. The monoisotopic (exact) mass is 378 g/mol. The third-order valence-corrected chi connectivity index (χ3v) is 4.28. The van der Waals surface area contributed by atoms with E-state index in [1.165, 1.54) is 16.4 Å². The van der Waals surface area contributed by atoms with E-state index >= 15 is 0 Å². The molecule has 0 fully saturated rings. The molecule has 0 saturated carbocycles. The molecule has 0 aliphatic rings. The number of benzene rings is 1. The molecule has 0 spiro atoms. The average Bonchev–Trinajstić information content (AvgIpc) is 3.27. The minimum Gasteiger partial charge on any atom is -0.486 e. The van der Waals surface area contributed by atoms with Crippen molar-refractivity contribution in [2.75, 3.05) is 5.32 Å². The fourth-order valence-electron chi connectivity index (χ4n) is 2.62. The van der Waals surface area contributed by atoms with Crippen LogP contribution in [0.25, 0.3) is 0 Å². The number of hydrogen-bond acceptors (Lipinski definition) is 5. The van der Waals surface area contributed by atoms with Gasteiger partial charge in [-0.1, -0.05) is 32.9 Å². The van der Waals surface area contributed by atoms with Gasteiger partial charge in [0.25, 0.3) is 5.91 Å². The zero-order valence-corrected chi connectivity index (χ0v) is 16.3. The Balaban J connectivity index is 1.62. The maximum atomic E-state index is 12.4. The van der Waals surface area contributed by atoms with E-state index < -0.39 is 5.91 Å². The number of carbonyl (C=O) groups is 1. The standard InChI is InChI=1S/C21H22N4O3/c1-21(2,3)15-5-7-16(8-6-15)27-13-17-9-10-18(28-17)20(26)24-19-14(11-22)12-23-25(19)4/h5-10,12H,13H2,1-4H3,(H,24,26). The Kier molecular flexibility index (Phi) is 5.23. The van der Waals surface area contributed by atoms with Crippen LogP contribution in [0.1, 0.15) is 48.2 Å². The summed E-state index contributed by atoms with van der Waals surface area (Å²) in [6.45, 7) is 6.67. The number of aromatic nitrogens is 2. The first kappa shape index (κ1) is 19.2. The van der Waals surface area contributed by atoms with E-state index in [4.69, 9.17) is 14.4 Å². The van der Waals surface area contributed by atoms with Crippen molar-refractivity contribution in [3.8, 4) is 11.8 Å². The maximum absolute atomic E-state index is 12.4. The number of amides is 1. The number of carbonyl (C=O) groups excluding carboxylic acids is 1. The van der Waals surface area contributed by atoms with Crippen LogP contribution < -0.4 is 10.1 Å². The second kappa shape index (κ2) is 7.61. The van der Waals surface area contributed by atoms with E-state index in [-0.39, 0.29) is 23.3 Å². The molecule has 1 aromatic carbocycles. The molecule has 2 heterocycles. The van der Waals surface area contributed by atoms with Crippen molar-refractivity contribution in [3.63, 3.8) is 0 Å². The van der Waals surface area contributed by atoms with Crippen LogP contribution in [0.5, 0.6) is 5.75 Å². The number of hydrogen-bond donors (Lipinski definition) is 1. The van der Waals surface area contributed by atoms with Gasteiger partial charge in [0.1, 0.15) is 35.6 Å². The quantitative estimate of drug-likeness (QED) is 0.724. The van der Waals surface area contributed by atoms with Gasteiger partial charge in [0.05, 0.1) is 6.20 Å². The predicted molar refractivity (Wildman–Crippen MR) is 104 cm³/mol. The lowest BCUT2D eigenvalue weighted by atomic mass is 9.87. The molecular weight excluding hydrogens is 356 g/mol. The van der Waals surface area contributed by atoms with Gasteiger partial charge in [-0.3, -0.25) is 9.48 Å². The van der Waals surface area contributed by atoms with Crippen LogP contribution in [0.3, 0.4) is 0 Å². The molecule has 3 rings (SSSR count). The summed E-state index contributed by atoms with van der Waals surface area (Å²) < 4.78 is 12.7. The van der Waals surface area contributed by atoms with Crippen LogP contribution in [0, 0.1) is 11.3 Å². The summed E-state index contributed by atoms with van der Waals surface area (Å²) >= 11 is 0. The highest BCUT2D eigenvalue weighted by Gasteiger charge is 2.17.